The maximum Gasteiger partial charge on any atom is 0.173 e. The molecule has 1 N–H and O–H groups in total. The monoisotopic (exact) mass is 399 g/mol. The number of nitrogens with one attached hydrogen (secondary N) is 1. The van der Waals surface area contributed by atoms with Gasteiger partial charge in [0.2, 0.25) is 0 Å². The van der Waals surface area contributed by atoms with Gasteiger partial charge < -0.3 is 15.1 Å². The summed E-state index contributed by atoms with van der Waals surface area (Å²) >= 11 is 5.75. The second-order valence-electron chi connectivity index (χ2n) is 7.14. The first-order chi connectivity index (χ1) is 14.3. The zero-order chi connectivity index (χ0) is 19.6. The second kappa shape index (κ2) is 7.64. The minimum absolute atomic E-state index is 0.743. The smallest absolute Gasteiger partial charge is 0.173 e. The van der Waals surface area contributed by atoms with Gasteiger partial charge in [-0.05, 0) is 48.6 Å². The maximum absolute atomic E-state index is 5.75. The number of fused-ring (bicyclic) bond motifs is 3. The SMILES string of the molecule is S=C(Nc1cc2cccnc2c2cccnc12)N1CCN(c2ccccc2)CC1. The molecule has 0 atom stereocenters. The summed E-state index contributed by atoms with van der Waals surface area (Å²) in [4.78, 5) is 13.8. The molecule has 0 radical (unpaired) electrons. The fourth-order valence-electron chi connectivity index (χ4n) is 3.89. The van der Waals surface area contributed by atoms with Crippen LogP contribution in [0.5, 0.6) is 0 Å². The van der Waals surface area contributed by atoms with Crippen molar-refractivity contribution in [3.8, 4) is 0 Å². The third kappa shape index (κ3) is 3.47. The number of rotatable bonds is 2. The first kappa shape index (κ1) is 17.8. The summed E-state index contributed by atoms with van der Waals surface area (Å²) in [7, 11) is 0. The third-order valence-electron chi connectivity index (χ3n) is 5.39. The van der Waals surface area contributed by atoms with Gasteiger partial charge >= 0.3 is 0 Å². The van der Waals surface area contributed by atoms with Gasteiger partial charge in [0.1, 0.15) is 0 Å². The van der Waals surface area contributed by atoms with E-state index in [0.717, 1.165) is 58.8 Å². The van der Waals surface area contributed by atoms with Crippen molar-refractivity contribution < 1.29 is 0 Å². The molecule has 0 saturated carbocycles. The molecule has 1 saturated heterocycles. The van der Waals surface area contributed by atoms with E-state index in [1.807, 2.05) is 24.5 Å². The first-order valence-corrected chi connectivity index (χ1v) is 10.2. The molecule has 0 aliphatic carbocycles. The highest BCUT2D eigenvalue weighted by Gasteiger charge is 2.20. The first-order valence-electron chi connectivity index (χ1n) is 9.78. The molecule has 5 nitrogen and oxygen atoms in total. The molecular weight excluding hydrogens is 378 g/mol. The van der Waals surface area contributed by atoms with E-state index in [0.29, 0.717) is 0 Å². The molecule has 2 aromatic heterocycles. The van der Waals surface area contributed by atoms with Crippen LogP contribution in [0.4, 0.5) is 11.4 Å². The van der Waals surface area contributed by atoms with Crippen molar-refractivity contribution in [2.24, 2.45) is 0 Å². The summed E-state index contributed by atoms with van der Waals surface area (Å²) in [6, 6.07) is 20.7. The molecule has 0 spiro atoms. The third-order valence-corrected chi connectivity index (χ3v) is 5.75. The Kier molecular flexibility index (Phi) is 4.69. The quantitative estimate of drug-likeness (QED) is 0.400. The minimum atomic E-state index is 0.743. The van der Waals surface area contributed by atoms with Gasteiger partial charge in [0.05, 0.1) is 16.7 Å². The maximum atomic E-state index is 5.75. The van der Waals surface area contributed by atoms with Gasteiger partial charge in [-0.15, -0.1) is 0 Å². The Morgan fingerprint density at radius 2 is 1.55 bits per heavy atom. The molecule has 3 heterocycles. The van der Waals surface area contributed by atoms with E-state index in [1.54, 1.807) is 0 Å². The lowest BCUT2D eigenvalue weighted by Gasteiger charge is -2.37. The van der Waals surface area contributed by atoms with Gasteiger partial charge in [0.15, 0.2) is 5.11 Å². The van der Waals surface area contributed by atoms with Crippen LogP contribution in [0.3, 0.4) is 0 Å². The van der Waals surface area contributed by atoms with Gasteiger partial charge in [-0.2, -0.15) is 0 Å². The van der Waals surface area contributed by atoms with Crippen molar-refractivity contribution in [3.05, 3.63) is 73.1 Å². The molecule has 0 amide bonds. The molecule has 1 aliphatic heterocycles. The molecule has 29 heavy (non-hydrogen) atoms. The van der Waals surface area contributed by atoms with Gasteiger partial charge in [-0.3, -0.25) is 9.97 Å². The van der Waals surface area contributed by atoms with Crippen LogP contribution in [0.15, 0.2) is 73.1 Å². The average molecular weight is 400 g/mol. The number of thiocarbonyl (C=S) groups is 1. The molecule has 0 unspecified atom stereocenters. The number of nitrogens with zero attached hydrogens (tertiary/aromatic N) is 4. The zero-order valence-electron chi connectivity index (χ0n) is 16.0. The number of hydrogen-bond donors (Lipinski definition) is 1. The van der Waals surface area contributed by atoms with E-state index < -0.39 is 0 Å². The summed E-state index contributed by atoms with van der Waals surface area (Å²) in [5, 5.41) is 6.30. The molecule has 144 valence electrons. The zero-order valence-corrected chi connectivity index (χ0v) is 16.8. The largest absolute Gasteiger partial charge is 0.368 e. The number of para-hydroxylation sites is 1. The van der Waals surface area contributed by atoms with Gasteiger partial charge in [0.25, 0.3) is 0 Å². The number of hydrogen-bond acceptors (Lipinski definition) is 4. The molecule has 5 rings (SSSR count). The minimum Gasteiger partial charge on any atom is -0.368 e. The summed E-state index contributed by atoms with van der Waals surface area (Å²) < 4.78 is 0. The predicted octanol–water partition coefficient (Wildman–Crippen LogP) is 4.30. The number of anilines is 2. The Hall–Kier alpha value is -3.25. The molecule has 1 aliphatic rings. The lowest BCUT2D eigenvalue weighted by molar-refractivity contribution is 0.391. The van der Waals surface area contributed by atoms with Gasteiger partial charge in [-0.1, -0.05) is 24.3 Å². The lowest BCUT2D eigenvalue weighted by atomic mass is 10.1. The van der Waals surface area contributed by atoms with E-state index >= 15 is 0 Å². The van der Waals surface area contributed by atoms with E-state index in [2.05, 4.69) is 73.6 Å². The highest BCUT2D eigenvalue weighted by atomic mass is 32.1. The Morgan fingerprint density at radius 3 is 2.34 bits per heavy atom. The molecule has 4 aromatic rings. The van der Waals surface area contributed by atoms with Crippen LogP contribution >= 0.6 is 12.2 Å². The lowest BCUT2D eigenvalue weighted by Crippen LogP contribution is -2.50. The Labute approximate surface area is 175 Å². The fourth-order valence-corrected chi connectivity index (χ4v) is 4.18. The van der Waals surface area contributed by atoms with Crippen LogP contribution < -0.4 is 10.2 Å². The Morgan fingerprint density at radius 1 is 0.828 bits per heavy atom. The van der Waals surface area contributed by atoms with E-state index in [-0.39, 0.29) is 0 Å². The molecule has 0 bridgehead atoms. The van der Waals surface area contributed by atoms with Crippen LogP contribution in [0.2, 0.25) is 0 Å². The number of piperazine rings is 1. The molecule has 1 fully saturated rings. The van der Waals surface area contributed by atoms with Crippen molar-refractivity contribution in [2.45, 2.75) is 0 Å². The average Bonchev–Trinajstić information content (AvgIpc) is 2.80. The van der Waals surface area contributed by atoms with Gasteiger partial charge in [0, 0.05) is 55.0 Å². The summed E-state index contributed by atoms with van der Waals surface area (Å²) in [5.74, 6) is 0. The van der Waals surface area contributed by atoms with Crippen molar-refractivity contribution in [2.75, 3.05) is 36.4 Å². The van der Waals surface area contributed by atoms with Crippen molar-refractivity contribution in [1.82, 2.24) is 14.9 Å². The normalized spacial score (nSPS) is 14.3. The van der Waals surface area contributed by atoms with Crippen LogP contribution in [0.25, 0.3) is 21.8 Å². The number of pyridine rings is 2. The van der Waals surface area contributed by atoms with Crippen molar-refractivity contribution >= 4 is 50.5 Å². The van der Waals surface area contributed by atoms with Crippen LogP contribution in [-0.4, -0.2) is 46.2 Å². The topological polar surface area (TPSA) is 44.3 Å². The summed E-state index contributed by atoms with van der Waals surface area (Å²) in [5.41, 5.74) is 4.05. The van der Waals surface area contributed by atoms with Crippen LogP contribution in [0.1, 0.15) is 0 Å². The standard InChI is InChI=1S/C23H21N5S/c29-23(28-14-12-27(13-15-28)18-7-2-1-3-8-18)26-20-16-17-6-4-10-24-21(17)19-9-5-11-25-22(19)20/h1-11,16H,12-15H2,(H,26,29). The van der Waals surface area contributed by atoms with E-state index in [9.17, 15) is 0 Å². The van der Waals surface area contributed by atoms with Crippen molar-refractivity contribution in [1.29, 1.82) is 0 Å². The summed E-state index contributed by atoms with van der Waals surface area (Å²) in [6.45, 7) is 3.68. The summed E-state index contributed by atoms with van der Waals surface area (Å²) in [6.07, 6.45) is 3.63. The number of aromatic nitrogens is 2. The highest BCUT2D eigenvalue weighted by molar-refractivity contribution is 7.80. The fraction of sp³-hybridized carbons (Fsp3) is 0.174. The Bertz CT molecular complexity index is 1170. The predicted molar refractivity (Wildman–Crippen MR) is 123 cm³/mol. The Balaban J connectivity index is 1.36. The van der Waals surface area contributed by atoms with Crippen LogP contribution in [-0.2, 0) is 0 Å². The van der Waals surface area contributed by atoms with E-state index in [4.69, 9.17) is 12.2 Å². The highest BCUT2D eigenvalue weighted by Crippen LogP contribution is 2.29. The second-order valence-corrected chi connectivity index (χ2v) is 7.53. The number of benzene rings is 2. The molecule has 6 heteroatoms. The van der Waals surface area contributed by atoms with Gasteiger partial charge in [-0.25, -0.2) is 0 Å². The van der Waals surface area contributed by atoms with E-state index in [1.165, 1.54) is 5.69 Å². The molecule has 2 aromatic carbocycles. The molecular formula is C23H21N5S. The van der Waals surface area contributed by atoms with Crippen LogP contribution in [0, 0.1) is 0 Å². The van der Waals surface area contributed by atoms with Crippen molar-refractivity contribution in [3.63, 3.8) is 0 Å².